The number of rotatable bonds is 1. The molecule has 0 N–H and O–H groups in total. The van der Waals surface area contributed by atoms with Gasteiger partial charge in [-0.15, -0.1) is 0 Å². The minimum absolute atomic E-state index is 1.08. The number of pyridine rings is 1. The first-order valence-electron chi connectivity index (χ1n) is 10.1. The Kier molecular flexibility index (Phi) is 3.79. The van der Waals surface area contributed by atoms with E-state index in [1.54, 1.807) is 23.2 Å². The predicted octanol–water partition coefficient (Wildman–Crippen LogP) is 6.33. The van der Waals surface area contributed by atoms with E-state index in [0.717, 1.165) is 5.69 Å². The van der Waals surface area contributed by atoms with Crippen molar-refractivity contribution in [3.63, 3.8) is 0 Å². The normalized spacial score (nSPS) is 18.4. The minimum Gasteiger partial charge on any atom is -0.256 e. The van der Waals surface area contributed by atoms with Crippen LogP contribution in [0.2, 0.25) is 12.1 Å². The first kappa shape index (κ1) is 16.3. The summed E-state index contributed by atoms with van der Waals surface area (Å²) >= 11 is 0. The standard InChI is InChI=1S/C24H27NSi/c1-17-12-18(2)14-20(13-17)24-22-7-6-19-15-26(10-4-3-5-11-26)16-23(19)21(22)8-9-25-24/h6-9,12-14H,3-5,10-11,15-16H2,1-2H3. The summed E-state index contributed by atoms with van der Waals surface area (Å²) in [6.07, 6.45) is 6.46. The molecular weight excluding hydrogens is 330 g/mol. The van der Waals surface area contributed by atoms with E-state index in [2.05, 4.69) is 50.2 Å². The van der Waals surface area contributed by atoms with Crippen molar-refractivity contribution in [1.82, 2.24) is 4.98 Å². The molecule has 2 heteroatoms. The Balaban J connectivity index is 1.65. The fourth-order valence-electron chi connectivity index (χ4n) is 5.58. The van der Waals surface area contributed by atoms with E-state index in [1.807, 2.05) is 6.20 Å². The number of fused-ring (bicyclic) bond motifs is 3. The molecule has 0 amide bonds. The van der Waals surface area contributed by atoms with E-state index < -0.39 is 8.07 Å². The second-order valence-electron chi connectivity index (χ2n) is 8.75. The van der Waals surface area contributed by atoms with Gasteiger partial charge in [-0.1, -0.05) is 60.7 Å². The highest BCUT2D eigenvalue weighted by molar-refractivity contribution is 6.80. The average Bonchev–Trinajstić information content (AvgIpc) is 2.99. The molecule has 2 aliphatic rings. The Bertz CT molecular complexity index is 978. The van der Waals surface area contributed by atoms with Gasteiger partial charge in [0.25, 0.3) is 0 Å². The van der Waals surface area contributed by atoms with Crippen LogP contribution in [-0.2, 0) is 12.1 Å². The van der Waals surface area contributed by atoms with Crippen LogP contribution in [0.5, 0.6) is 0 Å². The molecule has 0 saturated carbocycles. The maximum atomic E-state index is 4.80. The van der Waals surface area contributed by atoms with Gasteiger partial charge in [-0.2, -0.15) is 0 Å². The molecule has 0 atom stereocenters. The molecule has 0 radical (unpaired) electrons. The molecule has 2 aromatic carbocycles. The number of hydrogen-bond donors (Lipinski definition) is 0. The van der Waals surface area contributed by atoms with Gasteiger partial charge < -0.3 is 0 Å². The summed E-state index contributed by atoms with van der Waals surface area (Å²) in [4.78, 5) is 4.80. The first-order valence-corrected chi connectivity index (χ1v) is 12.9. The summed E-state index contributed by atoms with van der Waals surface area (Å²) in [6.45, 7) is 4.36. The Morgan fingerprint density at radius 2 is 1.58 bits per heavy atom. The average molecular weight is 358 g/mol. The molecule has 26 heavy (non-hydrogen) atoms. The molecular formula is C24H27NSi. The van der Waals surface area contributed by atoms with Crippen LogP contribution in [0, 0.1) is 13.8 Å². The zero-order valence-corrected chi connectivity index (χ0v) is 16.9. The van der Waals surface area contributed by atoms with Crippen molar-refractivity contribution in [1.29, 1.82) is 0 Å². The summed E-state index contributed by atoms with van der Waals surface area (Å²) in [6, 6.07) is 19.8. The zero-order valence-electron chi connectivity index (χ0n) is 15.9. The van der Waals surface area contributed by atoms with Gasteiger partial charge in [0.2, 0.25) is 0 Å². The van der Waals surface area contributed by atoms with E-state index in [-0.39, 0.29) is 0 Å². The van der Waals surface area contributed by atoms with Crippen molar-refractivity contribution in [2.75, 3.05) is 0 Å². The molecule has 1 nitrogen and oxygen atoms in total. The van der Waals surface area contributed by atoms with Crippen LogP contribution in [0.1, 0.15) is 41.5 Å². The van der Waals surface area contributed by atoms with Gasteiger partial charge in [0.05, 0.1) is 13.8 Å². The van der Waals surface area contributed by atoms with E-state index >= 15 is 0 Å². The van der Waals surface area contributed by atoms with Gasteiger partial charge in [-0.25, -0.2) is 0 Å². The lowest BCUT2D eigenvalue weighted by molar-refractivity contribution is 0.704. The van der Waals surface area contributed by atoms with Crippen LogP contribution in [-0.4, -0.2) is 13.1 Å². The summed E-state index contributed by atoms with van der Waals surface area (Å²) in [5.41, 5.74) is 8.37. The van der Waals surface area contributed by atoms with Crippen LogP contribution in [0.25, 0.3) is 22.0 Å². The molecule has 3 heterocycles. The summed E-state index contributed by atoms with van der Waals surface area (Å²) in [5.74, 6) is 0. The Hall–Kier alpha value is -1.93. The molecule has 1 spiro atoms. The van der Waals surface area contributed by atoms with Crippen LogP contribution >= 0.6 is 0 Å². The van der Waals surface area contributed by atoms with E-state index in [4.69, 9.17) is 4.98 Å². The summed E-state index contributed by atoms with van der Waals surface area (Å²) in [5, 5.41) is 2.82. The van der Waals surface area contributed by atoms with Crippen molar-refractivity contribution in [3.05, 3.63) is 64.8 Å². The van der Waals surface area contributed by atoms with Crippen molar-refractivity contribution in [2.24, 2.45) is 0 Å². The van der Waals surface area contributed by atoms with Crippen LogP contribution in [0.4, 0.5) is 0 Å². The molecule has 132 valence electrons. The lowest BCUT2D eigenvalue weighted by Crippen LogP contribution is -2.38. The third-order valence-corrected chi connectivity index (χ3v) is 11.7. The quantitative estimate of drug-likeness (QED) is 0.464. The Labute approximate surface area is 157 Å². The highest BCUT2D eigenvalue weighted by atomic mass is 28.3. The fourth-order valence-corrected chi connectivity index (χ4v) is 11.0. The second kappa shape index (κ2) is 6.06. The highest BCUT2D eigenvalue weighted by Gasteiger charge is 2.40. The van der Waals surface area contributed by atoms with Gasteiger partial charge >= 0.3 is 0 Å². The van der Waals surface area contributed by atoms with Crippen LogP contribution < -0.4 is 0 Å². The maximum absolute atomic E-state index is 4.80. The molecule has 1 saturated heterocycles. The summed E-state index contributed by atoms with van der Waals surface area (Å²) in [7, 11) is -1.08. The van der Waals surface area contributed by atoms with E-state index in [1.165, 1.54) is 58.8 Å². The maximum Gasteiger partial charge on any atom is 0.0780 e. The minimum atomic E-state index is -1.08. The Morgan fingerprint density at radius 3 is 2.35 bits per heavy atom. The Morgan fingerprint density at radius 1 is 0.808 bits per heavy atom. The molecule has 0 unspecified atom stereocenters. The summed E-state index contributed by atoms with van der Waals surface area (Å²) < 4.78 is 0. The topological polar surface area (TPSA) is 12.9 Å². The predicted molar refractivity (Wildman–Crippen MR) is 113 cm³/mol. The van der Waals surface area contributed by atoms with Gasteiger partial charge in [0.1, 0.15) is 0 Å². The number of nitrogens with zero attached hydrogens (tertiary/aromatic N) is 1. The molecule has 1 aromatic heterocycles. The van der Waals surface area contributed by atoms with Crippen LogP contribution in [0.15, 0.2) is 42.6 Å². The van der Waals surface area contributed by atoms with Gasteiger partial charge in [0, 0.05) is 17.1 Å². The van der Waals surface area contributed by atoms with Crippen molar-refractivity contribution >= 4 is 18.8 Å². The van der Waals surface area contributed by atoms with E-state index in [0.29, 0.717) is 0 Å². The monoisotopic (exact) mass is 357 g/mol. The fraction of sp³-hybridized carbons (Fsp3) is 0.375. The molecule has 3 aromatic rings. The third-order valence-electron chi connectivity index (χ3n) is 6.68. The van der Waals surface area contributed by atoms with E-state index in [9.17, 15) is 0 Å². The molecule has 0 bridgehead atoms. The first-order chi connectivity index (χ1) is 12.6. The second-order valence-corrected chi connectivity index (χ2v) is 13.5. The van der Waals surface area contributed by atoms with Crippen molar-refractivity contribution in [2.45, 2.75) is 57.3 Å². The smallest absolute Gasteiger partial charge is 0.0780 e. The zero-order chi connectivity index (χ0) is 17.7. The third kappa shape index (κ3) is 2.63. The van der Waals surface area contributed by atoms with Gasteiger partial charge in [-0.3, -0.25) is 4.98 Å². The number of aryl methyl sites for hydroxylation is 2. The van der Waals surface area contributed by atoms with Crippen molar-refractivity contribution < 1.29 is 0 Å². The van der Waals surface area contributed by atoms with Gasteiger partial charge in [-0.05, 0) is 60.6 Å². The largest absolute Gasteiger partial charge is 0.256 e. The van der Waals surface area contributed by atoms with Gasteiger partial charge in [0.15, 0.2) is 0 Å². The SMILES string of the molecule is Cc1cc(C)cc(-c2nccc3c4c(ccc23)C[Si]2(CCCCC2)C4)c1. The molecule has 5 rings (SSSR count). The molecule has 2 aliphatic heterocycles. The lowest BCUT2D eigenvalue weighted by Gasteiger charge is -2.30. The van der Waals surface area contributed by atoms with Crippen molar-refractivity contribution in [3.8, 4) is 11.3 Å². The number of hydrogen-bond acceptors (Lipinski definition) is 1. The van der Waals surface area contributed by atoms with Crippen LogP contribution in [0.3, 0.4) is 0 Å². The number of aromatic nitrogens is 1. The molecule has 1 fully saturated rings. The molecule has 0 aliphatic carbocycles. The number of benzene rings is 2. The highest BCUT2D eigenvalue weighted by Crippen LogP contribution is 2.43. The lowest BCUT2D eigenvalue weighted by atomic mass is 9.96.